The lowest BCUT2D eigenvalue weighted by atomic mass is 10.0. The molecule has 0 saturated carbocycles. The molecule has 2 heterocycles. The average molecular weight is 258 g/mol. The van der Waals surface area contributed by atoms with Gasteiger partial charge in [0.15, 0.2) is 0 Å². The number of imidazole rings is 1. The van der Waals surface area contributed by atoms with Crippen molar-refractivity contribution < 1.29 is 4.79 Å². The van der Waals surface area contributed by atoms with E-state index in [9.17, 15) is 4.79 Å². The van der Waals surface area contributed by atoms with Crippen LogP contribution in [0, 0.1) is 5.92 Å². The van der Waals surface area contributed by atoms with E-state index in [-0.39, 0.29) is 17.9 Å². The number of para-hydroxylation sites is 2. The van der Waals surface area contributed by atoms with Crippen molar-refractivity contribution in [2.75, 3.05) is 11.4 Å². The molecule has 2 aromatic rings. The van der Waals surface area contributed by atoms with Gasteiger partial charge in [0.1, 0.15) is 0 Å². The fraction of sp³-hybridized carbons (Fsp3) is 0.429. The Morgan fingerprint density at radius 1 is 1.32 bits per heavy atom. The Kier molecular flexibility index (Phi) is 2.78. The molecule has 1 amide bonds. The second-order valence-corrected chi connectivity index (χ2v) is 5.19. The third kappa shape index (κ3) is 1.81. The van der Waals surface area contributed by atoms with E-state index in [1.807, 2.05) is 38.1 Å². The van der Waals surface area contributed by atoms with Gasteiger partial charge in [0, 0.05) is 19.1 Å². The molecule has 0 spiro atoms. The SMILES string of the molecule is CC(N)C(C)C(=O)N1CCn2c1nc1ccccc12. The molecule has 1 aromatic heterocycles. The highest BCUT2D eigenvalue weighted by Gasteiger charge is 2.31. The van der Waals surface area contributed by atoms with Crippen LogP contribution >= 0.6 is 0 Å². The predicted molar refractivity (Wildman–Crippen MR) is 74.9 cm³/mol. The molecule has 19 heavy (non-hydrogen) atoms. The molecular weight excluding hydrogens is 240 g/mol. The first-order chi connectivity index (χ1) is 9.09. The molecule has 0 bridgehead atoms. The van der Waals surface area contributed by atoms with Crippen molar-refractivity contribution in [2.24, 2.45) is 11.7 Å². The van der Waals surface area contributed by atoms with Gasteiger partial charge in [0.2, 0.25) is 11.9 Å². The highest BCUT2D eigenvalue weighted by molar-refractivity contribution is 5.96. The molecule has 0 radical (unpaired) electrons. The monoisotopic (exact) mass is 258 g/mol. The maximum Gasteiger partial charge on any atom is 0.233 e. The molecule has 3 rings (SSSR count). The van der Waals surface area contributed by atoms with E-state index >= 15 is 0 Å². The topological polar surface area (TPSA) is 64.2 Å². The predicted octanol–water partition coefficient (Wildman–Crippen LogP) is 1.37. The largest absolute Gasteiger partial charge is 0.327 e. The first-order valence-corrected chi connectivity index (χ1v) is 6.62. The van der Waals surface area contributed by atoms with Gasteiger partial charge in [-0.15, -0.1) is 0 Å². The Balaban J connectivity index is 2.00. The van der Waals surface area contributed by atoms with Crippen LogP contribution < -0.4 is 10.6 Å². The van der Waals surface area contributed by atoms with Gasteiger partial charge in [-0.3, -0.25) is 9.69 Å². The van der Waals surface area contributed by atoms with E-state index in [1.165, 1.54) is 0 Å². The number of amides is 1. The minimum absolute atomic E-state index is 0.0593. The van der Waals surface area contributed by atoms with E-state index in [0.29, 0.717) is 6.54 Å². The Bertz CT molecular complexity index is 631. The van der Waals surface area contributed by atoms with Crippen molar-refractivity contribution in [3.63, 3.8) is 0 Å². The Labute approximate surface area is 112 Å². The zero-order chi connectivity index (χ0) is 13.6. The van der Waals surface area contributed by atoms with Crippen LogP contribution in [0.1, 0.15) is 13.8 Å². The van der Waals surface area contributed by atoms with Gasteiger partial charge in [0.25, 0.3) is 0 Å². The second kappa shape index (κ2) is 4.35. The minimum Gasteiger partial charge on any atom is -0.327 e. The standard InChI is InChI=1S/C14H18N4O/c1-9(10(2)15)13(19)18-8-7-17-12-6-4-3-5-11(12)16-14(17)18/h3-6,9-10H,7-8,15H2,1-2H3. The highest BCUT2D eigenvalue weighted by atomic mass is 16.2. The summed E-state index contributed by atoms with van der Waals surface area (Å²) in [6.45, 7) is 5.22. The van der Waals surface area contributed by atoms with Gasteiger partial charge >= 0.3 is 0 Å². The number of hydrogen-bond donors (Lipinski definition) is 1. The third-order valence-electron chi connectivity index (χ3n) is 3.87. The van der Waals surface area contributed by atoms with Crippen molar-refractivity contribution in [1.82, 2.24) is 9.55 Å². The summed E-state index contributed by atoms with van der Waals surface area (Å²) in [6, 6.07) is 7.81. The average Bonchev–Trinajstić information content (AvgIpc) is 2.95. The number of nitrogens with two attached hydrogens (primary N) is 1. The van der Waals surface area contributed by atoms with Crippen molar-refractivity contribution in [1.29, 1.82) is 0 Å². The summed E-state index contributed by atoms with van der Waals surface area (Å²) in [7, 11) is 0. The first-order valence-electron chi connectivity index (χ1n) is 6.62. The molecule has 1 aromatic carbocycles. The van der Waals surface area contributed by atoms with E-state index in [1.54, 1.807) is 4.90 Å². The Morgan fingerprint density at radius 3 is 2.79 bits per heavy atom. The van der Waals surface area contributed by atoms with Crippen LogP contribution in [0.3, 0.4) is 0 Å². The quantitative estimate of drug-likeness (QED) is 0.884. The molecule has 100 valence electrons. The van der Waals surface area contributed by atoms with Gasteiger partial charge in [-0.05, 0) is 19.1 Å². The van der Waals surface area contributed by atoms with Crippen LogP contribution in [0.5, 0.6) is 0 Å². The van der Waals surface area contributed by atoms with Crippen LogP contribution in [0.15, 0.2) is 24.3 Å². The molecule has 5 nitrogen and oxygen atoms in total. The Morgan fingerprint density at radius 2 is 2.05 bits per heavy atom. The zero-order valence-corrected chi connectivity index (χ0v) is 11.2. The van der Waals surface area contributed by atoms with Crippen molar-refractivity contribution >= 4 is 22.9 Å². The fourth-order valence-electron chi connectivity index (χ4n) is 2.47. The summed E-state index contributed by atoms with van der Waals surface area (Å²) in [5.74, 6) is 0.620. The summed E-state index contributed by atoms with van der Waals surface area (Å²) in [5, 5.41) is 0. The lowest BCUT2D eigenvalue weighted by Gasteiger charge is -2.21. The van der Waals surface area contributed by atoms with E-state index in [4.69, 9.17) is 5.73 Å². The first kappa shape index (κ1) is 12.2. The van der Waals surface area contributed by atoms with E-state index < -0.39 is 0 Å². The minimum atomic E-state index is -0.189. The summed E-state index contributed by atoms with van der Waals surface area (Å²) < 4.78 is 2.10. The van der Waals surface area contributed by atoms with Crippen molar-refractivity contribution in [2.45, 2.75) is 26.4 Å². The molecule has 1 aliphatic heterocycles. The summed E-state index contributed by atoms with van der Waals surface area (Å²) >= 11 is 0. The molecule has 1 aliphatic rings. The summed E-state index contributed by atoms with van der Waals surface area (Å²) in [6.07, 6.45) is 0. The van der Waals surface area contributed by atoms with Gasteiger partial charge in [0.05, 0.1) is 17.0 Å². The van der Waals surface area contributed by atoms with Crippen molar-refractivity contribution in [3.8, 4) is 0 Å². The number of carbonyl (C=O) groups excluding carboxylic acids is 1. The molecule has 2 N–H and O–H groups in total. The zero-order valence-electron chi connectivity index (χ0n) is 11.2. The molecule has 0 fully saturated rings. The number of aromatic nitrogens is 2. The van der Waals surface area contributed by atoms with Crippen LogP contribution in [0.2, 0.25) is 0 Å². The summed E-state index contributed by atoms with van der Waals surface area (Å²) in [5.41, 5.74) is 7.84. The summed E-state index contributed by atoms with van der Waals surface area (Å²) in [4.78, 5) is 18.7. The van der Waals surface area contributed by atoms with Gasteiger partial charge in [-0.2, -0.15) is 0 Å². The number of hydrogen-bond acceptors (Lipinski definition) is 3. The highest BCUT2D eigenvalue weighted by Crippen LogP contribution is 2.28. The third-order valence-corrected chi connectivity index (χ3v) is 3.87. The van der Waals surface area contributed by atoms with Crippen LogP contribution in [0.25, 0.3) is 11.0 Å². The number of benzene rings is 1. The van der Waals surface area contributed by atoms with Gasteiger partial charge in [-0.25, -0.2) is 4.98 Å². The van der Waals surface area contributed by atoms with Crippen LogP contribution in [-0.2, 0) is 11.3 Å². The van der Waals surface area contributed by atoms with Gasteiger partial charge in [-0.1, -0.05) is 19.1 Å². The maximum atomic E-state index is 12.4. The lowest BCUT2D eigenvalue weighted by molar-refractivity contribution is -0.122. The molecule has 0 saturated heterocycles. The number of nitrogens with zero attached hydrogens (tertiary/aromatic N) is 3. The normalized spacial score (nSPS) is 17.5. The number of carbonyl (C=O) groups is 1. The molecular formula is C14H18N4O. The molecule has 2 unspecified atom stereocenters. The number of rotatable bonds is 2. The van der Waals surface area contributed by atoms with Crippen LogP contribution in [0.4, 0.5) is 5.95 Å². The number of fused-ring (bicyclic) bond motifs is 3. The number of anilines is 1. The van der Waals surface area contributed by atoms with E-state index in [0.717, 1.165) is 23.5 Å². The molecule has 0 aliphatic carbocycles. The van der Waals surface area contributed by atoms with Crippen LogP contribution in [-0.4, -0.2) is 28.0 Å². The Hall–Kier alpha value is -1.88. The molecule has 5 heteroatoms. The molecule has 2 atom stereocenters. The van der Waals surface area contributed by atoms with E-state index in [2.05, 4.69) is 9.55 Å². The van der Waals surface area contributed by atoms with Gasteiger partial charge < -0.3 is 10.3 Å². The second-order valence-electron chi connectivity index (χ2n) is 5.19. The van der Waals surface area contributed by atoms with Crippen molar-refractivity contribution in [3.05, 3.63) is 24.3 Å². The lowest BCUT2D eigenvalue weighted by Crippen LogP contribution is -2.41. The smallest absolute Gasteiger partial charge is 0.233 e. The fourth-order valence-corrected chi connectivity index (χ4v) is 2.47. The maximum absolute atomic E-state index is 12.4.